The molecule has 0 fully saturated rings. The molecule has 1 aromatic rings. The van der Waals surface area contributed by atoms with Crippen LogP contribution >= 0.6 is 23.4 Å². The van der Waals surface area contributed by atoms with Crippen molar-refractivity contribution in [2.45, 2.75) is 18.9 Å². The minimum atomic E-state index is -0.575. The van der Waals surface area contributed by atoms with Gasteiger partial charge in [0, 0.05) is 20.3 Å². The number of methoxy groups -OCH3 is 1. The Kier molecular flexibility index (Phi) is 9.75. The summed E-state index contributed by atoms with van der Waals surface area (Å²) < 4.78 is 4.95. The van der Waals surface area contributed by atoms with Crippen molar-refractivity contribution < 1.29 is 14.3 Å². The molecule has 0 bridgehead atoms. The lowest BCUT2D eigenvalue weighted by atomic mass is 10.1. The van der Waals surface area contributed by atoms with Crippen LogP contribution in [0.1, 0.15) is 23.2 Å². The van der Waals surface area contributed by atoms with Crippen LogP contribution in [-0.2, 0) is 9.53 Å². The number of nitrogens with one attached hydrogen (secondary N) is 2. The van der Waals surface area contributed by atoms with Crippen LogP contribution in [0.3, 0.4) is 0 Å². The Bertz CT molecular complexity index is 514. The first kappa shape index (κ1) is 19.8. The van der Waals surface area contributed by atoms with Gasteiger partial charge in [0.05, 0.1) is 10.6 Å². The van der Waals surface area contributed by atoms with Gasteiger partial charge in [-0.1, -0.05) is 23.7 Å². The van der Waals surface area contributed by atoms with Crippen molar-refractivity contribution in [1.29, 1.82) is 0 Å². The second-order valence-corrected chi connectivity index (χ2v) is 6.32. The highest BCUT2D eigenvalue weighted by Crippen LogP contribution is 2.15. The quantitative estimate of drug-likeness (QED) is 0.630. The fraction of sp³-hybridized carbons (Fsp3) is 0.500. The number of carbonyl (C=O) groups is 2. The summed E-state index contributed by atoms with van der Waals surface area (Å²) in [7, 11) is 1.62. The number of hydrogen-bond donors (Lipinski definition) is 2. The summed E-state index contributed by atoms with van der Waals surface area (Å²) >= 11 is 7.65. The van der Waals surface area contributed by atoms with Gasteiger partial charge < -0.3 is 15.4 Å². The molecule has 1 rings (SSSR count). The van der Waals surface area contributed by atoms with Crippen LogP contribution in [0.15, 0.2) is 24.3 Å². The number of halogens is 1. The molecule has 23 heavy (non-hydrogen) atoms. The monoisotopic (exact) mass is 358 g/mol. The molecule has 0 saturated carbocycles. The SMILES string of the molecule is COCCCNC(=O)C(CCSC)NC(=O)c1ccccc1Cl. The number of rotatable bonds is 10. The zero-order valence-electron chi connectivity index (χ0n) is 13.4. The summed E-state index contributed by atoms with van der Waals surface area (Å²) in [6, 6.07) is 6.21. The molecule has 0 saturated heterocycles. The molecule has 1 aromatic carbocycles. The summed E-state index contributed by atoms with van der Waals surface area (Å²) in [4.78, 5) is 24.6. The third-order valence-electron chi connectivity index (χ3n) is 3.18. The molecule has 5 nitrogen and oxygen atoms in total. The molecule has 0 aliphatic heterocycles. The van der Waals surface area contributed by atoms with E-state index in [1.165, 1.54) is 0 Å². The van der Waals surface area contributed by atoms with E-state index in [4.69, 9.17) is 16.3 Å². The lowest BCUT2D eigenvalue weighted by Gasteiger charge is -2.18. The van der Waals surface area contributed by atoms with E-state index in [0.29, 0.717) is 30.2 Å². The van der Waals surface area contributed by atoms with Gasteiger partial charge in [0.15, 0.2) is 0 Å². The van der Waals surface area contributed by atoms with E-state index < -0.39 is 6.04 Å². The molecule has 2 amide bonds. The topological polar surface area (TPSA) is 67.4 Å². The van der Waals surface area contributed by atoms with Crippen molar-refractivity contribution in [1.82, 2.24) is 10.6 Å². The van der Waals surface area contributed by atoms with Gasteiger partial charge in [-0.3, -0.25) is 9.59 Å². The Morgan fingerprint density at radius 2 is 2.09 bits per heavy atom. The molecule has 1 unspecified atom stereocenters. The highest BCUT2D eigenvalue weighted by atomic mass is 35.5. The van der Waals surface area contributed by atoms with E-state index in [0.717, 1.165) is 12.2 Å². The Hall–Kier alpha value is -1.24. The van der Waals surface area contributed by atoms with Gasteiger partial charge in [-0.15, -0.1) is 0 Å². The molecule has 0 spiro atoms. The van der Waals surface area contributed by atoms with Gasteiger partial charge in [-0.25, -0.2) is 0 Å². The number of ether oxygens (including phenoxy) is 1. The van der Waals surface area contributed by atoms with E-state index >= 15 is 0 Å². The predicted octanol–water partition coefficient (Wildman–Crippen LogP) is 2.34. The summed E-state index contributed by atoms with van der Waals surface area (Å²) in [6.07, 6.45) is 3.26. The zero-order valence-corrected chi connectivity index (χ0v) is 15.0. The number of thioether (sulfide) groups is 1. The summed E-state index contributed by atoms with van der Waals surface area (Å²) in [5.74, 6) is 0.253. The van der Waals surface area contributed by atoms with E-state index in [-0.39, 0.29) is 11.8 Å². The highest BCUT2D eigenvalue weighted by Gasteiger charge is 2.21. The van der Waals surface area contributed by atoms with Gasteiger partial charge in [0.25, 0.3) is 5.91 Å². The van der Waals surface area contributed by atoms with Crippen LogP contribution in [0.25, 0.3) is 0 Å². The van der Waals surface area contributed by atoms with Crippen LogP contribution in [0.4, 0.5) is 0 Å². The molecule has 0 aromatic heterocycles. The van der Waals surface area contributed by atoms with Gasteiger partial charge in [-0.2, -0.15) is 11.8 Å². The van der Waals surface area contributed by atoms with Crippen molar-refractivity contribution in [2.24, 2.45) is 0 Å². The van der Waals surface area contributed by atoms with Gasteiger partial charge >= 0.3 is 0 Å². The Labute approximate surface area is 146 Å². The number of amides is 2. The third-order valence-corrected chi connectivity index (χ3v) is 4.15. The molecular weight excluding hydrogens is 336 g/mol. The van der Waals surface area contributed by atoms with Crippen molar-refractivity contribution in [3.8, 4) is 0 Å². The molecule has 0 radical (unpaired) electrons. The highest BCUT2D eigenvalue weighted by molar-refractivity contribution is 7.98. The van der Waals surface area contributed by atoms with Crippen LogP contribution in [0, 0.1) is 0 Å². The molecular formula is C16H23ClN2O3S. The van der Waals surface area contributed by atoms with Gasteiger partial charge in [-0.05, 0) is 37.0 Å². The Morgan fingerprint density at radius 1 is 1.35 bits per heavy atom. The molecule has 2 N–H and O–H groups in total. The van der Waals surface area contributed by atoms with Crippen LogP contribution in [0.5, 0.6) is 0 Å². The van der Waals surface area contributed by atoms with E-state index in [1.807, 2.05) is 6.26 Å². The number of benzene rings is 1. The van der Waals surface area contributed by atoms with Crippen molar-refractivity contribution >= 4 is 35.2 Å². The first-order chi connectivity index (χ1) is 11.1. The van der Waals surface area contributed by atoms with Crippen molar-refractivity contribution in [3.05, 3.63) is 34.9 Å². The first-order valence-corrected chi connectivity index (χ1v) is 9.18. The lowest BCUT2D eigenvalue weighted by molar-refractivity contribution is -0.123. The lowest BCUT2D eigenvalue weighted by Crippen LogP contribution is -2.47. The van der Waals surface area contributed by atoms with Crippen molar-refractivity contribution in [3.63, 3.8) is 0 Å². The minimum Gasteiger partial charge on any atom is -0.385 e. The average molecular weight is 359 g/mol. The maximum absolute atomic E-state index is 12.3. The molecule has 0 aliphatic carbocycles. The summed E-state index contributed by atoms with van der Waals surface area (Å²) in [6.45, 7) is 1.10. The van der Waals surface area contributed by atoms with E-state index in [1.54, 1.807) is 43.1 Å². The summed E-state index contributed by atoms with van der Waals surface area (Å²) in [5.41, 5.74) is 0.371. The van der Waals surface area contributed by atoms with Crippen LogP contribution in [-0.4, -0.2) is 50.1 Å². The molecule has 128 valence electrons. The maximum atomic E-state index is 12.3. The fourth-order valence-corrected chi connectivity index (χ4v) is 2.63. The number of hydrogen-bond acceptors (Lipinski definition) is 4. The van der Waals surface area contributed by atoms with Crippen LogP contribution in [0.2, 0.25) is 5.02 Å². The standard InChI is InChI=1S/C16H23ClN2O3S/c1-22-10-5-9-18-16(21)14(8-11-23-2)19-15(20)12-6-3-4-7-13(12)17/h3-4,6-7,14H,5,8-11H2,1-2H3,(H,18,21)(H,19,20). The smallest absolute Gasteiger partial charge is 0.253 e. The molecule has 7 heteroatoms. The minimum absolute atomic E-state index is 0.185. The summed E-state index contributed by atoms with van der Waals surface area (Å²) in [5, 5.41) is 5.96. The van der Waals surface area contributed by atoms with Crippen molar-refractivity contribution in [2.75, 3.05) is 32.3 Å². The first-order valence-electron chi connectivity index (χ1n) is 7.41. The van der Waals surface area contributed by atoms with E-state index in [9.17, 15) is 9.59 Å². The normalized spacial score (nSPS) is 11.8. The zero-order chi connectivity index (χ0) is 17.1. The maximum Gasteiger partial charge on any atom is 0.253 e. The molecule has 0 aliphatic rings. The second-order valence-electron chi connectivity index (χ2n) is 4.92. The van der Waals surface area contributed by atoms with Gasteiger partial charge in [0.2, 0.25) is 5.91 Å². The largest absolute Gasteiger partial charge is 0.385 e. The second kappa shape index (κ2) is 11.3. The predicted molar refractivity (Wildman–Crippen MR) is 95.2 cm³/mol. The molecule has 0 heterocycles. The Morgan fingerprint density at radius 3 is 2.74 bits per heavy atom. The Balaban J connectivity index is 2.64. The third kappa shape index (κ3) is 7.24. The van der Waals surface area contributed by atoms with Crippen LogP contribution < -0.4 is 10.6 Å². The fourth-order valence-electron chi connectivity index (χ4n) is 1.94. The number of carbonyl (C=O) groups excluding carboxylic acids is 2. The van der Waals surface area contributed by atoms with Gasteiger partial charge in [0.1, 0.15) is 6.04 Å². The average Bonchev–Trinajstić information content (AvgIpc) is 2.55. The van der Waals surface area contributed by atoms with E-state index in [2.05, 4.69) is 10.6 Å². The molecule has 1 atom stereocenters.